The minimum atomic E-state index is 0.539. The number of nitrogens with two attached hydrogens (primary N) is 1. The highest BCUT2D eigenvalue weighted by atomic mass is 35.5. The molecule has 2 aromatic rings. The van der Waals surface area contributed by atoms with Crippen LogP contribution in [0, 0.1) is 0 Å². The first-order valence-electron chi connectivity index (χ1n) is 7.43. The molecule has 1 aromatic heterocycles. The van der Waals surface area contributed by atoms with Crippen molar-refractivity contribution in [3.05, 3.63) is 35.2 Å². The molecule has 2 heterocycles. The van der Waals surface area contributed by atoms with Crippen molar-refractivity contribution in [1.29, 1.82) is 0 Å². The fraction of sp³-hybridized carbons (Fsp3) is 0.400. The van der Waals surface area contributed by atoms with Gasteiger partial charge in [0.1, 0.15) is 0 Å². The molecule has 0 bridgehead atoms. The molecule has 1 saturated heterocycles. The summed E-state index contributed by atoms with van der Waals surface area (Å²) >= 11 is 7.81. The fourth-order valence-corrected chi connectivity index (χ4v) is 3.26. The molecular weight excluding hydrogens is 334 g/mol. The van der Waals surface area contributed by atoms with Gasteiger partial charge in [0.15, 0.2) is 5.96 Å². The first-order valence-corrected chi connectivity index (χ1v) is 8.97. The van der Waals surface area contributed by atoms with Crippen LogP contribution in [0.15, 0.2) is 33.8 Å². The van der Waals surface area contributed by atoms with Crippen LogP contribution >= 0.6 is 23.4 Å². The summed E-state index contributed by atoms with van der Waals surface area (Å²) in [6.45, 7) is 2.46. The van der Waals surface area contributed by atoms with Crippen molar-refractivity contribution in [2.24, 2.45) is 10.7 Å². The topological polar surface area (TPSA) is 80.5 Å². The third kappa shape index (κ3) is 4.39. The van der Waals surface area contributed by atoms with Crippen molar-refractivity contribution >= 4 is 29.3 Å². The van der Waals surface area contributed by atoms with Gasteiger partial charge in [0.05, 0.1) is 6.54 Å². The van der Waals surface area contributed by atoms with Crippen molar-refractivity contribution in [2.45, 2.75) is 6.42 Å². The molecule has 0 aliphatic carbocycles. The van der Waals surface area contributed by atoms with E-state index in [1.807, 2.05) is 23.9 Å². The minimum Gasteiger partial charge on any atom is -0.370 e. The van der Waals surface area contributed by atoms with E-state index in [0.29, 0.717) is 35.7 Å². The van der Waals surface area contributed by atoms with Crippen molar-refractivity contribution in [3.63, 3.8) is 0 Å². The van der Waals surface area contributed by atoms with E-state index in [4.69, 9.17) is 21.9 Å². The van der Waals surface area contributed by atoms with E-state index < -0.39 is 0 Å². The summed E-state index contributed by atoms with van der Waals surface area (Å²) in [6, 6.07) is 7.33. The first kappa shape index (κ1) is 16.1. The van der Waals surface area contributed by atoms with Crippen LogP contribution in [-0.2, 0) is 6.42 Å². The molecule has 0 saturated carbocycles. The second kappa shape index (κ2) is 7.70. The lowest BCUT2D eigenvalue weighted by Crippen LogP contribution is -2.42. The number of guanidine groups is 1. The van der Waals surface area contributed by atoms with E-state index in [1.165, 1.54) is 0 Å². The van der Waals surface area contributed by atoms with Gasteiger partial charge in [-0.2, -0.15) is 16.7 Å². The number of halogens is 1. The Morgan fingerprint density at radius 3 is 2.78 bits per heavy atom. The summed E-state index contributed by atoms with van der Waals surface area (Å²) in [6.07, 6.45) is 0.573. The highest BCUT2D eigenvalue weighted by molar-refractivity contribution is 7.99. The maximum Gasteiger partial charge on any atom is 0.228 e. The standard InChI is InChI=1S/C15H18ClN5OS/c16-12-3-1-11(2-4-12)14-19-13(22-20-14)5-6-18-15(17)21-7-9-23-10-8-21/h1-4H,5-10H2,(H2,17,18). The Balaban J connectivity index is 1.55. The molecule has 2 N–H and O–H groups in total. The Hall–Kier alpha value is -1.73. The lowest BCUT2D eigenvalue weighted by molar-refractivity contribution is 0.380. The highest BCUT2D eigenvalue weighted by Crippen LogP contribution is 2.18. The van der Waals surface area contributed by atoms with E-state index in [2.05, 4.69) is 20.0 Å². The van der Waals surface area contributed by atoms with Gasteiger partial charge in [-0.1, -0.05) is 16.8 Å². The van der Waals surface area contributed by atoms with E-state index in [9.17, 15) is 0 Å². The van der Waals surface area contributed by atoms with E-state index in [-0.39, 0.29) is 0 Å². The second-order valence-electron chi connectivity index (χ2n) is 5.11. The van der Waals surface area contributed by atoms with Crippen LogP contribution in [0.5, 0.6) is 0 Å². The largest absolute Gasteiger partial charge is 0.370 e. The van der Waals surface area contributed by atoms with Crippen LogP contribution in [0.25, 0.3) is 11.4 Å². The summed E-state index contributed by atoms with van der Waals surface area (Å²) < 4.78 is 5.26. The predicted octanol–water partition coefficient (Wildman–Crippen LogP) is 2.30. The molecule has 8 heteroatoms. The molecule has 122 valence electrons. The third-order valence-electron chi connectivity index (χ3n) is 3.51. The van der Waals surface area contributed by atoms with Crippen molar-refractivity contribution in [3.8, 4) is 11.4 Å². The number of thioether (sulfide) groups is 1. The maximum absolute atomic E-state index is 6.01. The zero-order valence-electron chi connectivity index (χ0n) is 12.6. The third-order valence-corrected chi connectivity index (χ3v) is 4.70. The van der Waals surface area contributed by atoms with E-state index in [1.54, 1.807) is 12.1 Å². The van der Waals surface area contributed by atoms with Gasteiger partial charge in [0, 0.05) is 41.6 Å². The maximum atomic E-state index is 6.01. The lowest BCUT2D eigenvalue weighted by Gasteiger charge is -2.27. The summed E-state index contributed by atoms with van der Waals surface area (Å²) in [7, 11) is 0. The summed E-state index contributed by atoms with van der Waals surface area (Å²) in [5, 5.41) is 4.66. The van der Waals surface area contributed by atoms with Crippen molar-refractivity contribution < 1.29 is 4.52 Å². The van der Waals surface area contributed by atoms with Crippen LogP contribution in [0.2, 0.25) is 5.02 Å². The first-order chi connectivity index (χ1) is 11.2. The molecule has 0 unspecified atom stereocenters. The molecule has 0 radical (unpaired) electrons. The van der Waals surface area contributed by atoms with Crippen LogP contribution in [0.1, 0.15) is 5.89 Å². The molecule has 23 heavy (non-hydrogen) atoms. The number of rotatable bonds is 4. The molecule has 1 aromatic carbocycles. The number of aromatic nitrogens is 2. The minimum absolute atomic E-state index is 0.539. The molecule has 3 rings (SSSR count). The fourth-order valence-electron chi connectivity index (χ4n) is 2.23. The molecule has 0 spiro atoms. The number of nitrogens with zero attached hydrogens (tertiary/aromatic N) is 4. The molecule has 1 aliphatic heterocycles. The van der Waals surface area contributed by atoms with Gasteiger partial charge in [0.25, 0.3) is 0 Å². The smallest absolute Gasteiger partial charge is 0.228 e. The number of hydrogen-bond donors (Lipinski definition) is 1. The highest BCUT2D eigenvalue weighted by Gasteiger charge is 2.12. The SMILES string of the molecule is NC(=NCCc1nc(-c2ccc(Cl)cc2)no1)N1CCSCC1. The van der Waals surface area contributed by atoms with Gasteiger partial charge in [-0.05, 0) is 24.3 Å². The van der Waals surface area contributed by atoms with E-state index >= 15 is 0 Å². The Bertz CT molecular complexity index is 667. The van der Waals surface area contributed by atoms with Crippen molar-refractivity contribution in [1.82, 2.24) is 15.0 Å². The van der Waals surface area contributed by atoms with Gasteiger partial charge in [-0.15, -0.1) is 0 Å². The van der Waals surface area contributed by atoms with Gasteiger partial charge in [-0.25, -0.2) is 0 Å². The van der Waals surface area contributed by atoms with E-state index in [0.717, 1.165) is 30.2 Å². The summed E-state index contributed by atoms with van der Waals surface area (Å²) in [5.74, 6) is 3.92. The zero-order valence-corrected chi connectivity index (χ0v) is 14.2. The number of aliphatic imine (C=N–C) groups is 1. The summed E-state index contributed by atoms with van der Waals surface area (Å²) in [5.41, 5.74) is 6.88. The lowest BCUT2D eigenvalue weighted by atomic mass is 10.2. The number of hydrogen-bond acceptors (Lipinski definition) is 5. The molecule has 1 aliphatic rings. The van der Waals surface area contributed by atoms with Crippen LogP contribution in [0.4, 0.5) is 0 Å². The predicted molar refractivity (Wildman–Crippen MR) is 93.8 cm³/mol. The van der Waals surface area contributed by atoms with Crippen LogP contribution in [-0.4, -0.2) is 52.1 Å². The number of benzene rings is 1. The average molecular weight is 352 g/mol. The second-order valence-corrected chi connectivity index (χ2v) is 6.77. The quantitative estimate of drug-likeness (QED) is 0.672. The van der Waals surface area contributed by atoms with Crippen LogP contribution in [0.3, 0.4) is 0 Å². The Kier molecular flexibility index (Phi) is 5.40. The van der Waals surface area contributed by atoms with Gasteiger partial charge in [0.2, 0.25) is 11.7 Å². The normalized spacial score (nSPS) is 15.9. The van der Waals surface area contributed by atoms with Crippen LogP contribution < -0.4 is 5.73 Å². The molecule has 1 fully saturated rings. The zero-order chi connectivity index (χ0) is 16.1. The molecule has 0 amide bonds. The Morgan fingerprint density at radius 1 is 1.30 bits per heavy atom. The monoisotopic (exact) mass is 351 g/mol. The van der Waals surface area contributed by atoms with Gasteiger partial charge < -0.3 is 15.2 Å². The molecule has 6 nitrogen and oxygen atoms in total. The average Bonchev–Trinajstić information content (AvgIpc) is 3.05. The Morgan fingerprint density at radius 2 is 2.04 bits per heavy atom. The van der Waals surface area contributed by atoms with Crippen molar-refractivity contribution in [2.75, 3.05) is 31.1 Å². The van der Waals surface area contributed by atoms with Gasteiger partial charge in [-0.3, -0.25) is 4.99 Å². The Labute approximate surface area is 144 Å². The van der Waals surface area contributed by atoms with Gasteiger partial charge >= 0.3 is 0 Å². The summed E-state index contributed by atoms with van der Waals surface area (Å²) in [4.78, 5) is 10.9. The molecular formula is C15H18ClN5OS. The molecule has 0 atom stereocenters.